The summed E-state index contributed by atoms with van der Waals surface area (Å²) < 4.78 is 31.7. The molecule has 0 N–H and O–H groups in total. The highest BCUT2D eigenvalue weighted by atomic mass is 35.5. The zero-order valence-electron chi connectivity index (χ0n) is 14.1. The lowest BCUT2D eigenvalue weighted by atomic mass is 10.2. The number of halogens is 1. The SMILES string of the molecule is CCN(CC)S(=O)(=O)c1cccc(C(=O)OCc2ccc(Cl)cc2)c1. The Morgan fingerprint density at radius 2 is 1.72 bits per heavy atom. The van der Waals surface area contributed by atoms with Crippen LogP contribution < -0.4 is 0 Å². The van der Waals surface area contributed by atoms with E-state index < -0.39 is 16.0 Å². The number of esters is 1. The summed E-state index contributed by atoms with van der Waals surface area (Å²) in [5.41, 5.74) is 0.992. The molecule has 5 nitrogen and oxygen atoms in total. The number of carbonyl (C=O) groups is 1. The Balaban J connectivity index is 2.14. The number of carbonyl (C=O) groups excluding carboxylic acids is 1. The molecule has 0 spiro atoms. The molecular weight excluding hydrogens is 362 g/mol. The van der Waals surface area contributed by atoms with Crippen LogP contribution in [0.1, 0.15) is 29.8 Å². The molecule has 0 aromatic heterocycles. The average Bonchev–Trinajstić information content (AvgIpc) is 2.62. The van der Waals surface area contributed by atoms with Gasteiger partial charge in [0.05, 0.1) is 10.5 Å². The van der Waals surface area contributed by atoms with Crippen molar-refractivity contribution in [1.29, 1.82) is 0 Å². The van der Waals surface area contributed by atoms with E-state index in [2.05, 4.69) is 0 Å². The van der Waals surface area contributed by atoms with E-state index in [-0.39, 0.29) is 17.1 Å². The van der Waals surface area contributed by atoms with Crippen molar-refractivity contribution < 1.29 is 17.9 Å². The summed E-state index contributed by atoms with van der Waals surface area (Å²) in [5.74, 6) is -0.577. The van der Waals surface area contributed by atoms with E-state index in [4.69, 9.17) is 16.3 Å². The fourth-order valence-corrected chi connectivity index (χ4v) is 3.94. The Labute approximate surface area is 153 Å². The van der Waals surface area contributed by atoms with Crippen molar-refractivity contribution in [1.82, 2.24) is 4.31 Å². The van der Waals surface area contributed by atoms with Gasteiger partial charge in [-0.15, -0.1) is 0 Å². The van der Waals surface area contributed by atoms with Crippen molar-refractivity contribution in [3.05, 3.63) is 64.7 Å². The van der Waals surface area contributed by atoms with Gasteiger partial charge in [-0.1, -0.05) is 43.6 Å². The van der Waals surface area contributed by atoms with Crippen LogP contribution in [-0.2, 0) is 21.4 Å². The number of nitrogens with zero attached hydrogens (tertiary/aromatic N) is 1. The Morgan fingerprint density at radius 3 is 2.32 bits per heavy atom. The van der Waals surface area contributed by atoms with Crippen LogP contribution in [0.4, 0.5) is 0 Å². The van der Waals surface area contributed by atoms with Crippen LogP contribution in [-0.4, -0.2) is 31.8 Å². The minimum absolute atomic E-state index is 0.0807. The number of rotatable bonds is 7. The predicted molar refractivity (Wildman–Crippen MR) is 97.1 cm³/mol. The maximum Gasteiger partial charge on any atom is 0.338 e. The molecule has 134 valence electrons. The Kier molecular flexibility index (Phi) is 6.58. The molecule has 2 aromatic rings. The van der Waals surface area contributed by atoms with E-state index in [1.807, 2.05) is 0 Å². The number of hydrogen-bond donors (Lipinski definition) is 0. The van der Waals surface area contributed by atoms with Crippen LogP contribution in [0.15, 0.2) is 53.4 Å². The van der Waals surface area contributed by atoms with Crippen molar-refractivity contribution in [3.63, 3.8) is 0 Å². The molecule has 25 heavy (non-hydrogen) atoms. The third-order valence-corrected chi connectivity index (χ3v) is 5.99. The molecule has 0 heterocycles. The van der Waals surface area contributed by atoms with Gasteiger partial charge < -0.3 is 4.74 Å². The summed E-state index contributed by atoms with van der Waals surface area (Å²) in [7, 11) is -3.62. The van der Waals surface area contributed by atoms with Crippen LogP contribution in [0.25, 0.3) is 0 Å². The summed E-state index contributed by atoms with van der Waals surface area (Å²) in [5, 5.41) is 0.601. The highest BCUT2D eigenvalue weighted by Gasteiger charge is 2.22. The maximum atomic E-state index is 12.5. The second-order valence-electron chi connectivity index (χ2n) is 5.32. The molecule has 0 saturated carbocycles. The standard InChI is InChI=1S/C18H20ClNO4S/c1-3-20(4-2)25(22,23)17-7-5-6-15(12-17)18(21)24-13-14-8-10-16(19)11-9-14/h5-12H,3-4,13H2,1-2H3. The summed E-state index contributed by atoms with van der Waals surface area (Å²) in [4.78, 5) is 12.3. The molecule has 0 amide bonds. The monoisotopic (exact) mass is 381 g/mol. The second-order valence-corrected chi connectivity index (χ2v) is 7.69. The van der Waals surface area contributed by atoms with Gasteiger partial charge in [0.1, 0.15) is 6.61 Å². The highest BCUT2D eigenvalue weighted by Crippen LogP contribution is 2.18. The molecule has 0 aliphatic carbocycles. The lowest BCUT2D eigenvalue weighted by Gasteiger charge is -2.18. The van der Waals surface area contributed by atoms with Gasteiger partial charge in [0.2, 0.25) is 10.0 Å². The first kappa shape index (κ1) is 19.4. The molecular formula is C18H20ClNO4S. The fourth-order valence-electron chi connectivity index (χ4n) is 2.31. The zero-order valence-corrected chi connectivity index (χ0v) is 15.7. The molecule has 0 atom stereocenters. The quantitative estimate of drug-likeness (QED) is 0.685. The summed E-state index contributed by atoms with van der Waals surface area (Å²) in [6.45, 7) is 4.35. The summed E-state index contributed by atoms with van der Waals surface area (Å²) >= 11 is 5.81. The lowest BCUT2D eigenvalue weighted by Crippen LogP contribution is -2.30. The van der Waals surface area contributed by atoms with Crippen LogP contribution in [0.5, 0.6) is 0 Å². The largest absolute Gasteiger partial charge is 0.457 e. The minimum Gasteiger partial charge on any atom is -0.457 e. The third-order valence-electron chi connectivity index (χ3n) is 3.70. The average molecular weight is 382 g/mol. The number of sulfonamides is 1. The minimum atomic E-state index is -3.62. The molecule has 0 aliphatic rings. The van der Waals surface area contributed by atoms with Crippen molar-refractivity contribution in [2.75, 3.05) is 13.1 Å². The smallest absolute Gasteiger partial charge is 0.338 e. The normalized spacial score (nSPS) is 11.5. The van der Waals surface area contributed by atoms with Crippen molar-refractivity contribution in [3.8, 4) is 0 Å². The van der Waals surface area contributed by atoms with Gasteiger partial charge in [-0.25, -0.2) is 13.2 Å². The predicted octanol–water partition coefficient (Wildman–Crippen LogP) is 3.73. The van der Waals surface area contributed by atoms with E-state index >= 15 is 0 Å². The maximum absolute atomic E-state index is 12.5. The van der Waals surface area contributed by atoms with Crippen LogP contribution in [0.3, 0.4) is 0 Å². The van der Waals surface area contributed by atoms with Crippen molar-refractivity contribution in [2.45, 2.75) is 25.3 Å². The molecule has 0 unspecified atom stereocenters. The molecule has 7 heteroatoms. The van der Waals surface area contributed by atoms with Gasteiger partial charge in [0.15, 0.2) is 0 Å². The summed E-state index contributed by atoms with van der Waals surface area (Å²) in [6.07, 6.45) is 0. The highest BCUT2D eigenvalue weighted by molar-refractivity contribution is 7.89. The second kappa shape index (κ2) is 8.47. The van der Waals surface area contributed by atoms with Gasteiger partial charge in [0.25, 0.3) is 0 Å². The molecule has 0 saturated heterocycles. The van der Waals surface area contributed by atoms with Crippen LogP contribution in [0, 0.1) is 0 Å². The van der Waals surface area contributed by atoms with E-state index in [1.54, 1.807) is 38.1 Å². The van der Waals surface area contributed by atoms with Crippen LogP contribution in [0.2, 0.25) is 5.02 Å². The zero-order chi connectivity index (χ0) is 18.4. The van der Waals surface area contributed by atoms with Gasteiger partial charge in [-0.05, 0) is 35.9 Å². The molecule has 0 radical (unpaired) electrons. The number of hydrogen-bond acceptors (Lipinski definition) is 4. The third kappa shape index (κ3) is 4.81. The topological polar surface area (TPSA) is 63.7 Å². The Bertz CT molecular complexity index is 830. The molecule has 2 rings (SSSR count). The van der Waals surface area contributed by atoms with E-state index in [9.17, 15) is 13.2 Å². The number of benzene rings is 2. The van der Waals surface area contributed by atoms with E-state index in [0.717, 1.165) is 5.56 Å². The van der Waals surface area contributed by atoms with E-state index in [1.165, 1.54) is 28.6 Å². The van der Waals surface area contributed by atoms with Gasteiger partial charge in [0, 0.05) is 18.1 Å². The molecule has 0 aliphatic heterocycles. The Morgan fingerprint density at radius 1 is 1.08 bits per heavy atom. The number of ether oxygens (including phenoxy) is 1. The van der Waals surface area contributed by atoms with Gasteiger partial charge in [-0.2, -0.15) is 4.31 Å². The fraction of sp³-hybridized carbons (Fsp3) is 0.278. The van der Waals surface area contributed by atoms with Gasteiger partial charge >= 0.3 is 5.97 Å². The van der Waals surface area contributed by atoms with Crippen molar-refractivity contribution >= 4 is 27.6 Å². The van der Waals surface area contributed by atoms with Crippen LogP contribution >= 0.6 is 11.6 Å². The first-order valence-corrected chi connectivity index (χ1v) is 9.72. The molecule has 0 bridgehead atoms. The Hall–Kier alpha value is -1.89. The summed E-state index contributed by atoms with van der Waals surface area (Å²) in [6, 6.07) is 12.8. The first-order chi connectivity index (χ1) is 11.9. The lowest BCUT2D eigenvalue weighted by molar-refractivity contribution is 0.0472. The molecule has 2 aromatic carbocycles. The van der Waals surface area contributed by atoms with E-state index in [0.29, 0.717) is 18.1 Å². The van der Waals surface area contributed by atoms with Gasteiger partial charge in [-0.3, -0.25) is 0 Å². The first-order valence-electron chi connectivity index (χ1n) is 7.90. The van der Waals surface area contributed by atoms with Crippen molar-refractivity contribution in [2.24, 2.45) is 0 Å². The molecule has 0 fully saturated rings.